The smallest absolute Gasteiger partial charge is 0.243 e. The molecule has 1 atom stereocenters. The molecule has 0 aliphatic heterocycles. The summed E-state index contributed by atoms with van der Waals surface area (Å²) in [5, 5.41) is 3.21. The van der Waals surface area contributed by atoms with Crippen molar-refractivity contribution in [3.63, 3.8) is 0 Å². The SMILES string of the molecule is CC[C@@H](C(=O)NC1CCCC1)N(CCc1ccccc1)C(=O)CSCc1ccc(C)cc1. The average Bonchev–Trinajstić information content (AvgIpc) is 3.31. The van der Waals surface area contributed by atoms with E-state index in [1.165, 1.54) is 29.5 Å². The number of nitrogens with one attached hydrogen (secondary N) is 1. The molecule has 1 saturated carbocycles. The van der Waals surface area contributed by atoms with E-state index in [9.17, 15) is 9.59 Å². The van der Waals surface area contributed by atoms with Gasteiger partial charge in [0.2, 0.25) is 11.8 Å². The number of thioether (sulfide) groups is 1. The fraction of sp³-hybridized carbons (Fsp3) is 0.481. The summed E-state index contributed by atoms with van der Waals surface area (Å²) in [5.74, 6) is 1.23. The summed E-state index contributed by atoms with van der Waals surface area (Å²) >= 11 is 1.62. The summed E-state index contributed by atoms with van der Waals surface area (Å²) in [6.45, 7) is 4.64. The van der Waals surface area contributed by atoms with Crippen molar-refractivity contribution in [2.24, 2.45) is 0 Å². The molecule has 32 heavy (non-hydrogen) atoms. The minimum atomic E-state index is -0.410. The van der Waals surface area contributed by atoms with Crippen molar-refractivity contribution in [3.05, 3.63) is 71.3 Å². The molecule has 3 rings (SSSR count). The molecule has 0 aromatic heterocycles. The van der Waals surface area contributed by atoms with Crippen LogP contribution in [0.4, 0.5) is 0 Å². The van der Waals surface area contributed by atoms with Crippen molar-refractivity contribution in [2.45, 2.75) is 70.2 Å². The van der Waals surface area contributed by atoms with Gasteiger partial charge in [-0.1, -0.05) is 79.9 Å². The van der Waals surface area contributed by atoms with Crippen LogP contribution in [0.15, 0.2) is 54.6 Å². The molecule has 172 valence electrons. The molecule has 0 bridgehead atoms. The van der Waals surface area contributed by atoms with Crippen LogP contribution in [0.25, 0.3) is 0 Å². The number of carbonyl (C=O) groups excluding carboxylic acids is 2. The Bertz CT molecular complexity index is 848. The molecular weight excluding hydrogens is 416 g/mol. The predicted octanol–water partition coefficient (Wildman–Crippen LogP) is 5.14. The van der Waals surface area contributed by atoms with E-state index in [-0.39, 0.29) is 17.9 Å². The van der Waals surface area contributed by atoms with Crippen molar-refractivity contribution in [3.8, 4) is 0 Å². The van der Waals surface area contributed by atoms with E-state index >= 15 is 0 Å². The lowest BCUT2D eigenvalue weighted by molar-refractivity contribution is -0.139. The summed E-state index contributed by atoms with van der Waals surface area (Å²) in [5.41, 5.74) is 3.64. The van der Waals surface area contributed by atoms with E-state index in [0.717, 1.165) is 25.0 Å². The van der Waals surface area contributed by atoms with Gasteiger partial charge >= 0.3 is 0 Å². The number of hydrogen-bond acceptors (Lipinski definition) is 3. The van der Waals surface area contributed by atoms with Gasteiger partial charge in [0.15, 0.2) is 0 Å². The number of carbonyl (C=O) groups is 2. The maximum absolute atomic E-state index is 13.3. The maximum atomic E-state index is 13.3. The van der Waals surface area contributed by atoms with Gasteiger partial charge in [0.05, 0.1) is 5.75 Å². The summed E-state index contributed by atoms with van der Waals surface area (Å²) < 4.78 is 0. The number of amides is 2. The maximum Gasteiger partial charge on any atom is 0.243 e. The van der Waals surface area contributed by atoms with Crippen LogP contribution in [0.5, 0.6) is 0 Å². The van der Waals surface area contributed by atoms with E-state index in [4.69, 9.17) is 0 Å². The third-order valence-electron chi connectivity index (χ3n) is 6.19. The molecule has 2 amide bonds. The van der Waals surface area contributed by atoms with Crippen molar-refractivity contribution >= 4 is 23.6 Å². The molecule has 1 aliphatic carbocycles. The lowest BCUT2D eigenvalue weighted by Crippen LogP contribution is -2.52. The van der Waals surface area contributed by atoms with E-state index in [0.29, 0.717) is 18.7 Å². The molecular formula is C27H36N2O2S. The first-order chi connectivity index (χ1) is 15.6. The van der Waals surface area contributed by atoms with Gasteiger partial charge in [-0.2, -0.15) is 0 Å². The van der Waals surface area contributed by atoms with E-state index in [2.05, 4.69) is 48.6 Å². The van der Waals surface area contributed by atoms with Gasteiger partial charge in [0.1, 0.15) is 6.04 Å². The van der Waals surface area contributed by atoms with Gasteiger partial charge in [-0.3, -0.25) is 9.59 Å². The Kier molecular flexibility index (Phi) is 9.66. The monoisotopic (exact) mass is 452 g/mol. The Hall–Kier alpha value is -2.27. The largest absolute Gasteiger partial charge is 0.352 e. The van der Waals surface area contributed by atoms with E-state index in [1.54, 1.807) is 11.8 Å². The highest BCUT2D eigenvalue weighted by atomic mass is 32.2. The van der Waals surface area contributed by atoms with Gasteiger partial charge < -0.3 is 10.2 Å². The molecule has 4 nitrogen and oxygen atoms in total. The third-order valence-corrected chi connectivity index (χ3v) is 7.18. The zero-order valence-corrected chi connectivity index (χ0v) is 20.2. The molecule has 1 fully saturated rings. The Labute approximate surface area is 197 Å². The van der Waals surface area contributed by atoms with Crippen molar-refractivity contribution in [1.29, 1.82) is 0 Å². The van der Waals surface area contributed by atoms with Crippen LogP contribution in [0.3, 0.4) is 0 Å². The van der Waals surface area contributed by atoms with Crippen LogP contribution in [0, 0.1) is 6.92 Å². The van der Waals surface area contributed by atoms with E-state index in [1.807, 2.05) is 30.0 Å². The lowest BCUT2D eigenvalue weighted by Gasteiger charge is -2.31. The van der Waals surface area contributed by atoms with Gasteiger partial charge in [-0.15, -0.1) is 11.8 Å². The van der Waals surface area contributed by atoms with Crippen molar-refractivity contribution in [2.75, 3.05) is 12.3 Å². The minimum absolute atomic E-state index is 0.00402. The van der Waals surface area contributed by atoms with Crippen LogP contribution >= 0.6 is 11.8 Å². The second-order valence-corrected chi connectivity index (χ2v) is 9.70. The highest BCUT2D eigenvalue weighted by Gasteiger charge is 2.30. The number of rotatable bonds is 11. The normalized spacial score (nSPS) is 14.8. The molecule has 1 N–H and O–H groups in total. The van der Waals surface area contributed by atoms with Crippen molar-refractivity contribution < 1.29 is 9.59 Å². The van der Waals surface area contributed by atoms with Crippen LogP contribution in [0.2, 0.25) is 0 Å². The quantitative estimate of drug-likeness (QED) is 0.514. The highest BCUT2D eigenvalue weighted by molar-refractivity contribution is 7.99. The molecule has 2 aromatic rings. The van der Waals surface area contributed by atoms with Gasteiger partial charge in [0.25, 0.3) is 0 Å². The zero-order chi connectivity index (χ0) is 22.8. The zero-order valence-electron chi connectivity index (χ0n) is 19.4. The summed E-state index contributed by atoms with van der Waals surface area (Å²) in [4.78, 5) is 28.2. The molecule has 0 heterocycles. The van der Waals surface area contributed by atoms with Gasteiger partial charge in [-0.25, -0.2) is 0 Å². The molecule has 1 aliphatic rings. The summed E-state index contributed by atoms with van der Waals surface area (Å²) in [6.07, 6.45) is 5.82. The lowest BCUT2D eigenvalue weighted by atomic mass is 10.1. The molecule has 2 aromatic carbocycles. The second-order valence-electron chi connectivity index (χ2n) is 8.72. The van der Waals surface area contributed by atoms with Crippen LogP contribution in [0.1, 0.15) is 55.7 Å². The third kappa shape index (κ3) is 7.40. The number of benzene rings is 2. The fourth-order valence-corrected chi connectivity index (χ4v) is 5.16. The van der Waals surface area contributed by atoms with Crippen LogP contribution in [-0.4, -0.2) is 41.1 Å². The van der Waals surface area contributed by atoms with Crippen LogP contribution in [-0.2, 0) is 21.8 Å². The average molecular weight is 453 g/mol. The second kappa shape index (κ2) is 12.7. The van der Waals surface area contributed by atoms with Crippen LogP contribution < -0.4 is 5.32 Å². The topological polar surface area (TPSA) is 49.4 Å². The fourth-order valence-electron chi connectivity index (χ4n) is 4.29. The first-order valence-electron chi connectivity index (χ1n) is 11.8. The number of hydrogen-bond donors (Lipinski definition) is 1. The Morgan fingerprint density at radius 3 is 2.38 bits per heavy atom. The Balaban J connectivity index is 1.63. The first kappa shape index (κ1) is 24.4. The minimum Gasteiger partial charge on any atom is -0.352 e. The predicted molar refractivity (Wildman–Crippen MR) is 134 cm³/mol. The highest BCUT2D eigenvalue weighted by Crippen LogP contribution is 2.20. The van der Waals surface area contributed by atoms with Gasteiger partial charge in [-0.05, 0) is 43.7 Å². The molecule has 0 saturated heterocycles. The molecule has 5 heteroatoms. The molecule has 0 unspecified atom stereocenters. The summed E-state index contributed by atoms with van der Waals surface area (Å²) in [7, 11) is 0. The Morgan fingerprint density at radius 2 is 1.72 bits per heavy atom. The van der Waals surface area contributed by atoms with E-state index < -0.39 is 6.04 Å². The number of aryl methyl sites for hydroxylation is 1. The molecule has 0 spiro atoms. The number of nitrogens with zero attached hydrogens (tertiary/aromatic N) is 1. The standard InChI is InChI=1S/C27H36N2O2S/c1-3-25(27(31)28-24-11-7-8-12-24)29(18-17-22-9-5-4-6-10-22)26(30)20-32-19-23-15-13-21(2)14-16-23/h4-6,9-10,13-16,24-25H,3,7-8,11-12,17-20H2,1-2H3,(H,28,31)/t25-/m0/s1. The van der Waals surface area contributed by atoms with Gasteiger partial charge in [0, 0.05) is 18.3 Å². The summed E-state index contributed by atoms with van der Waals surface area (Å²) in [6, 6.07) is 18.5. The Morgan fingerprint density at radius 1 is 1.03 bits per heavy atom. The first-order valence-corrected chi connectivity index (χ1v) is 13.0. The van der Waals surface area contributed by atoms with Crippen molar-refractivity contribution in [1.82, 2.24) is 10.2 Å². The molecule has 0 radical (unpaired) electrons.